The Kier molecular flexibility index (Phi) is 3.17. The zero-order valence-electron chi connectivity index (χ0n) is 11.4. The lowest BCUT2D eigenvalue weighted by Crippen LogP contribution is -2.26. The predicted octanol–water partition coefficient (Wildman–Crippen LogP) is 3.60. The van der Waals surface area contributed by atoms with Crippen LogP contribution in [0.1, 0.15) is 57.2 Å². The first-order chi connectivity index (χ1) is 9.16. The summed E-state index contributed by atoms with van der Waals surface area (Å²) in [6.45, 7) is 1.80. The van der Waals surface area contributed by atoms with Crippen molar-refractivity contribution in [3.05, 3.63) is 17.3 Å². The molecular formula is C14H19FN2O2. The first-order valence-electron chi connectivity index (χ1n) is 6.92. The third kappa shape index (κ3) is 2.20. The number of hydrogen-bond acceptors (Lipinski definition) is 4. The number of aromatic nitrogens is 2. The van der Waals surface area contributed by atoms with Crippen molar-refractivity contribution in [2.24, 2.45) is 5.92 Å². The van der Waals surface area contributed by atoms with Crippen molar-refractivity contribution in [2.75, 3.05) is 7.11 Å². The van der Waals surface area contributed by atoms with Gasteiger partial charge in [0, 0.05) is 7.11 Å². The lowest BCUT2D eigenvalue weighted by atomic mass is 10.0. The minimum Gasteiger partial charge on any atom is -0.370 e. The van der Waals surface area contributed by atoms with Crippen LogP contribution in [0.5, 0.6) is 0 Å². The molecule has 0 atom stereocenters. The van der Waals surface area contributed by atoms with Crippen LogP contribution in [0.15, 0.2) is 10.1 Å². The summed E-state index contributed by atoms with van der Waals surface area (Å²) in [4.78, 5) is 4.23. The van der Waals surface area contributed by atoms with Crippen LogP contribution < -0.4 is 0 Å². The fraction of sp³-hybridized carbons (Fsp3) is 0.714. The fourth-order valence-electron chi connectivity index (χ4n) is 2.83. The Labute approximate surface area is 112 Å². The second kappa shape index (κ2) is 4.71. The Bertz CT molecular complexity index is 499. The summed E-state index contributed by atoms with van der Waals surface area (Å²) in [7, 11) is 1.66. The van der Waals surface area contributed by atoms with Crippen molar-refractivity contribution < 1.29 is 13.7 Å². The highest BCUT2D eigenvalue weighted by atomic mass is 19.1. The highest BCUT2D eigenvalue weighted by Crippen LogP contribution is 2.42. The zero-order chi connectivity index (χ0) is 13.5. The average Bonchev–Trinajstić information content (AvgIpc) is 2.96. The topological polar surface area (TPSA) is 48.2 Å². The van der Waals surface area contributed by atoms with E-state index in [1.54, 1.807) is 14.0 Å². The van der Waals surface area contributed by atoms with Crippen LogP contribution in [-0.4, -0.2) is 17.3 Å². The van der Waals surface area contributed by atoms with Crippen LogP contribution in [0.25, 0.3) is 5.83 Å². The third-order valence-corrected chi connectivity index (χ3v) is 4.36. The van der Waals surface area contributed by atoms with E-state index in [4.69, 9.17) is 9.26 Å². The normalized spacial score (nSPS) is 23.5. The van der Waals surface area contributed by atoms with E-state index in [2.05, 4.69) is 10.1 Å². The van der Waals surface area contributed by atoms with Gasteiger partial charge in [-0.3, -0.25) is 0 Å². The van der Waals surface area contributed by atoms with Gasteiger partial charge in [0.05, 0.1) is 0 Å². The quantitative estimate of drug-likeness (QED) is 0.835. The summed E-state index contributed by atoms with van der Waals surface area (Å²) in [6, 6.07) is 0. The highest BCUT2D eigenvalue weighted by molar-refractivity contribution is 5.55. The van der Waals surface area contributed by atoms with Gasteiger partial charge in [-0.05, 0) is 56.9 Å². The van der Waals surface area contributed by atoms with Gasteiger partial charge in [-0.2, -0.15) is 4.98 Å². The van der Waals surface area contributed by atoms with Gasteiger partial charge < -0.3 is 9.26 Å². The number of halogens is 1. The molecule has 0 aliphatic heterocycles. The summed E-state index contributed by atoms with van der Waals surface area (Å²) in [5.41, 5.74) is 0.253. The number of nitrogens with zero attached hydrogens (tertiary/aromatic N) is 2. The maximum Gasteiger partial charge on any atom is 0.286 e. The van der Waals surface area contributed by atoms with Gasteiger partial charge in [-0.15, -0.1) is 0 Å². The van der Waals surface area contributed by atoms with E-state index in [0.717, 1.165) is 44.1 Å². The van der Waals surface area contributed by atoms with Gasteiger partial charge in [0.2, 0.25) is 5.82 Å². The predicted molar refractivity (Wildman–Crippen MR) is 67.9 cm³/mol. The van der Waals surface area contributed by atoms with Crippen LogP contribution in [0.4, 0.5) is 4.39 Å². The summed E-state index contributed by atoms with van der Waals surface area (Å²) in [5, 5.41) is 3.94. The van der Waals surface area contributed by atoms with Crippen molar-refractivity contribution in [3.8, 4) is 0 Å². The van der Waals surface area contributed by atoms with E-state index in [9.17, 15) is 4.39 Å². The highest BCUT2D eigenvalue weighted by Gasteiger charge is 2.40. The van der Waals surface area contributed by atoms with Crippen LogP contribution >= 0.6 is 0 Å². The molecule has 0 saturated heterocycles. The van der Waals surface area contributed by atoms with Crippen molar-refractivity contribution in [2.45, 2.75) is 51.0 Å². The Morgan fingerprint density at radius 3 is 2.63 bits per heavy atom. The molecule has 0 aromatic carbocycles. The molecule has 1 aromatic heterocycles. The second-order valence-electron chi connectivity index (χ2n) is 5.60. The maximum atomic E-state index is 14.2. The summed E-state index contributed by atoms with van der Waals surface area (Å²) in [5.74, 6) is 0.493. The van der Waals surface area contributed by atoms with E-state index in [1.807, 2.05) is 0 Å². The molecule has 1 aromatic rings. The molecule has 0 unspecified atom stereocenters. The molecule has 3 rings (SSSR count). The van der Waals surface area contributed by atoms with Crippen molar-refractivity contribution in [1.82, 2.24) is 10.1 Å². The molecular weight excluding hydrogens is 247 g/mol. The van der Waals surface area contributed by atoms with Crippen LogP contribution in [0, 0.1) is 5.92 Å². The first-order valence-corrected chi connectivity index (χ1v) is 6.92. The molecule has 4 nitrogen and oxygen atoms in total. The van der Waals surface area contributed by atoms with Gasteiger partial charge in [0.15, 0.2) is 5.83 Å². The fourth-order valence-corrected chi connectivity index (χ4v) is 2.83. The first kappa shape index (κ1) is 12.8. The van der Waals surface area contributed by atoms with Crippen LogP contribution in [0.2, 0.25) is 0 Å². The van der Waals surface area contributed by atoms with E-state index >= 15 is 0 Å². The van der Waals surface area contributed by atoms with Crippen LogP contribution in [0.3, 0.4) is 0 Å². The average molecular weight is 266 g/mol. The van der Waals surface area contributed by atoms with E-state index < -0.39 is 5.60 Å². The molecule has 0 bridgehead atoms. The Morgan fingerprint density at radius 1 is 1.37 bits per heavy atom. The van der Waals surface area contributed by atoms with Gasteiger partial charge in [-0.1, -0.05) is 5.16 Å². The van der Waals surface area contributed by atoms with Gasteiger partial charge in [0.1, 0.15) is 5.60 Å². The standard InChI is InChI=1S/C14H19FN2O2/c1-9(10-5-6-10)11(15)12-16-13(17-19-12)14(18-2)7-3-4-8-14/h10H,3-8H2,1-2H3. The van der Waals surface area contributed by atoms with E-state index in [-0.39, 0.29) is 11.7 Å². The lowest BCUT2D eigenvalue weighted by molar-refractivity contribution is -0.0178. The SMILES string of the molecule is COC1(c2noc(C(F)=C(C)C3CC3)n2)CCCC1. The zero-order valence-corrected chi connectivity index (χ0v) is 11.4. The molecule has 19 heavy (non-hydrogen) atoms. The molecule has 0 radical (unpaired) electrons. The molecule has 2 fully saturated rings. The molecule has 0 amide bonds. The van der Waals surface area contributed by atoms with E-state index in [1.165, 1.54) is 0 Å². The third-order valence-electron chi connectivity index (χ3n) is 4.36. The van der Waals surface area contributed by atoms with Gasteiger partial charge >= 0.3 is 0 Å². The molecule has 2 saturated carbocycles. The molecule has 0 spiro atoms. The number of ether oxygens (including phenoxy) is 1. The lowest BCUT2D eigenvalue weighted by Gasteiger charge is -2.22. The smallest absolute Gasteiger partial charge is 0.286 e. The number of rotatable bonds is 4. The minimum absolute atomic E-state index is 0.00252. The molecule has 0 N–H and O–H groups in total. The molecule has 2 aliphatic rings. The largest absolute Gasteiger partial charge is 0.370 e. The van der Waals surface area contributed by atoms with Gasteiger partial charge in [0.25, 0.3) is 5.89 Å². The van der Waals surface area contributed by atoms with Gasteiger partial charge in [-0.25, -0.2) is 4.39 Å². The Balaban J connectivity index is 1.88. The Morgan fingerprint density at radius 2 is 2.05 bits per heavy atom. The monoisotopic (exact) mass is 266 g/mol. The van der Waals surface area contributed by atoms with Crippen molar-refractivity contribution >= 4 is 5.83 Å². The number of allylic oxidation sites excluding steroid dienone is 1. The molecule has 2 aliphatic carbocycles. The van der Waals surface area contributed by atoms with Crippen LogP contribution in [-0.2, 0) is 10.3 Å². The molecule has 1 heterocycles. The summed E-state index contributed by atoms with van der Waals surface area (Å²) in [6.07, 6.45) is 6.02. The summed E-state index contributed by atoms with van der Waals surface area (Å²) < 4.78 is 24.9. The van der Waals surface area contributed by atoms with Crippen molar-refractivity contribution in [1.29, 1.82) is 0 Å². The number of hydrogen-bond donors (Lipinski definition) is 0. The molecule has 5 heteroatoms. The van der Waals surface area contributed by atoms with E-state index in [0.29, 0.717) is 11.7 Å². The number of methoxy groups -OCH3 is 1. The molecule has 104 valence electrons. The second-order valence-corrected chi connectivity index (χ2v) is 5.60. The Hall–Kier alpha value is -1.23. The maximum absolute atomic E-state index is 14.2. The minimum atomic E-state index is -0.477. The van der Waals surface area contributed by atoms with Crippen molar-refractivity contribution in [3.63, 3.8) is 0 Å². The summed E-state index contributed by atoms with van der Waals surface area (Å²) >= 11 is 0.